The van der Waals surface area contributed by atoms with Crippen LogP contribution in [0.1, 0.15) is 102 Å². The Morgan fingerprint density at radius 3 is 1.66 bits per heavy atom. The van der Waals surface area contributed by atoms with Gasteiger partial charge in [-0.2, -0.15) is 0 Å². The number of anilines is 1. The summed E-state index contributed by atoms with van der Waals surface area (Å²) in [5, 5.41) is 0. The maximum absolute atomic E-state index is 11.7. The van der Waals surface area contributed by atoms with Crippen molar-refractivity contribution >= 4 is 15.7 Å². The zero-order valence-corrected chi connectivity index (χ0v) is 19.4. The Kier molecular flexibility index (Phi) is 14.6. The van der Waals surface area contributed by atoms with Crippen molar-refractivity contribution in [1.29, 1.82) is 0 Å². The lowest BCUT2D eigenvalue weighted by Gasteiger charge is -2.07. The molecular weight excluding hydrogens is 378 g/mol. The summed E-state index contributed by atoms with van der Waals surface area (Å²) < 4.78 is 26.0. The van der Waals surface area contributed by atoms with Crippen LogP contribution in [0.4, 0.5) is 5.69 Å². The van der Waals surface area contributed by atoms with Gasteiger partial charge in [0.2, 0.25) is 10.0 Å². The lowest BCUT2D eigenvalue weighted by molar-refractivity contribution is 0.535. The van der Waals surface area contributed by atoms with Crippen LogP contribution in [0.2, 0.25) is 0 Å². The van der Waals surface area contributed by atoms with E-state index in [1.807, 2.05) is 24.3 Å². The Morgan fingerprint density at radius 1 is 0.759 bits per heavy atom. The molecule has 0 atom stereocenters. The normalized spacial score (nSPS) is 11.5. The van der Waals surface area contributed by atoms with Crippen LogP contribution < -0.4 is 4.72 Å². The molecule has 4 heteroatoms. The number of rotatable bonds is 19. The van der Waals surface area contributed by atoms with Crippen LogP contribution in [0, 0.1) is 0 Å². The molecule has 0 spiro atoms. The number of sulfonamides is 1. The van der Waals surface area contributed by atoms with Crippen LogP contribution in [0.25, 0.3) is 0 Å². The highest BCUT2D eigenvalue weighted by Gasteiger charge is 2.07. The van der Waals surface area contributed by atoms with E-state index in [2.05, 4.69) is 18.2 Å². The third-order valence-corrected chi connectivity index (χ3v) is 6.60. The minimum atomic E-state index is -3.31. The third kappa shape index (κ3) is 14.4. The summed E-state index contributed by atoms with van der Waals surface area (Å²) in [5.74, 6) is -0.0617. The predicted molar refractivity (Wildman–Crippen MR) is 128 cm³/mol. The number of nitrogens with one attached hydrogen (secondary N) is 1. The van der Waals surface area contributed by atoms with Gasteiger partial charge in [0.25, 0.3) is 0 Å². The Labute approximate surface area is 180 Å². The van der Waals surface area contributed by atoms with Gasteiger partial charge in [-0.25, -0.2) is 8.42 Å². The van der Waals surface area contributed by atoms with Gasteiger partial charge in [-0.3, -0.25) is 4.72 Å². The Hall–Kier alpha value is -1.29. The van der Waals surface area contributed by atoms with E-state index in [-0.39, 0.29) is 5.75 Å². The van der Waals surface area contributed by atoms with E-state index in [1.165, 1.54) is 102 Å². The molecule has 0 aliphatic heterocycles. The lowest BCUT2D eigenvalue weighted by atomic mass is 10.0. The first-order valence-corrected chi connectivity index (χ1v) is 13.4. The monoisotopic (exact) mass is 421 g/mol. The highest BCUT2D eigenvalue weighted by molar-refractivity contribution is 7.92. The molecule has 0 bridgehead atoms. The molecule has 1 aromatic rings. The first kappa shape index (κ1) is 25.7. The smallest absolute Gasteiger partial charge is 0.236 e. The van der Waals surface area contributed by atoms with Gasteiger partial charge >= 0.3 is 0 Å². The largest absolute Gasteiger partial charge is 0.283 e. The molecule has 29 heavy (non-hydrogen) atoms. The zero-order valence-electron chi connectivity index (χ0n) is 18.6. The van der Waals surface area contributed by atoms with Gasteiger partial charge < -0.3 is 0 Å². The Bertz CT molecular complexity index is 623. The van der Waals surface area contributed by atoms with E-state index in [0.717, 1.165) is 6.42 Å². The predicted octanol–water partition coefficient (Wildman–Crippen LogP) is 7.64. The van der Waals surface area contributed by atoms with Gasteiger partial charge in [-0.15, -0.1) is 6.58 Å². The maximum atomic E-state index is 11.7. The van der Waals surface area contributed by atoms with Gasteiger partial charge in [-0.1, -0.05) is 109 Å². The highest BCUT2D eigenvalue weighted by Crippen LogP contribution is 2.16. The van der Waals surface area contributed by atoms with Crippen molar-refractivity contribution < 1.29 is 8.42 Å². The SMILES string of the molecule is C=CCS(=O)(=O)Nc1ccc(CCCCCCCCCCCCCCCC)cc1. The Morgan fingerprint density at radius 2 is 1.21 bits per heavy atom. The van der Waals surface area contributed by atoms with Crippen molar-refractivity contribution in [3.8, 4) is 0 Å². The summed E-state index contributed by atoms with van der Waals surface area (Å²) in [4.78, 5) is 0. The number of hydrogen-bond donors (Lipinski definition) is 1. The molecule has 0 heterocycles. The second-order valence-corrected chi connectivity index (χ2v) is 9.98. The number of benzene rings is 1. The van der Waals surface area contributed by atoms with E-state index in [9.17, 15) is 8.42 Å². The molecule has 1 rings (SSSR count). The van der Waals surface area contributed by atoms with E-state index >= 15 is 0 Å². The summed E-state index contributed by atoms with van der Waals surface area (Å²) in [6.07, 6.45) is 21.7. The van der Waals surface area contributed by atoms with Crippen molar-refractivity contribution in [2.24, 2.45) is 0 Å². The topological polar surface area (TPSA) is 46.2 Å². The second kappa shape index (κ2) is 16.5. The molecule has 0 amide bonds. The van der Waals surface area contributed by atoms with E-state index in [0.29, 0.717) is 5.69 Å². The summed E-state index contributed by atoms with van der Waals surface area (Å²) in [6.45, 7) is 5.75. The van der Waals surface area contributed by atoms with Crippen LogP contribution in [-0.4, -0.2) is 14.2 Å². The number of unbranched alkanes of at least 4 members (excludes halogenated alkanes) is 13. The van der Waals surface area contributed by atoms with Crippen LogP contribution >= 0.6 is 0 Å². The minimum absolute atomic E-state index is 0.0617. The molecule has 0 unspecified atom stereocenters. The van der Waals surface area contributed by atoms with Crippen LogP contribution in [0.5, 0.6) is 0 Å². The van der Waals surface area contributed by atoms with Crippen LogP contribution in [-0.2, 0) is 16.4 Å². The van der Waals surface area contributed by atoms with E-state index in [4.69, 9.17) is 0 Å². The lowest BCUT2D eigenvalue weighted by Crippen LogP contribution is -2.15. The molecule has 0 saturated carbocycles. The van der Waals surface area contributed by atoms with Crippen LogP contribution in [0.3, 0.4) is 0 Å². The molecule has 166 valence electrons. The van der Waals surface area contributed by atoms with Gasteiger partial charge in [0, 0.05) is 5.69 Å². The van der Waals surface area contributed by atoms with Gasteiger partial charge in [-0.05, 0) is 30.5 Å². The first-order chi connectivity index (χ1) is 14.1. The zero-order chi connectivity index (χ0) is 21.2. The van der Waals surface area contributed by atoms with Crippen molar-refractivity contribution in [3.63, 3.8) is 0 Å². The second-order valence-electron chi connectivity index (χ2n) is 8.22. The molecule has 0 fully saturated rings. The third-order valence-electron chi connectivity index (χ3n) is 5.38. The molecule has 3 nitrogen and oxygen atoms in total. The molecular formula is C25H43NO2S. The molecule has 1 aromatic carbocycles. The molecule has 0 aromatic heterocycles. The number of aryl methyl sites for hydroxylation is 1. The summed E-state index contributed by atoms with van der Waals surface area (Å²) in [6, 6.07) is 7.74. The average molecular weight is 422 g/mol. The molecule has 0 saturated heterocycles. The van der Waals surface area contributed by atoms with Crippen molar-refractivity contribution in [3.05, 3.63) is 42.5 Å². The molecule has 1 N–H and O–H groups in total. The van der Waals surface area contributed by atoms with Crippen molar-refractivity contribution in [2.75, 3.05) is 10.5 Å². The number of hydrogen-bond acceptors (Lipinski definition) is 2. The fourth-order valence-corrected chi connectivity index (χ4v) is 4.53. The first-order valence-electron chi connectivity index (χ1n) is 11.8. The summed E-state index contributed by atoms with van der Waals surface area (Å²) >= 11 is 0. The summed E-state index contributed by atoms with van der Waals surface area (Å²) in [7, 11) is -3.31. The minimum Gasteiger partial charge on any atom is -0.283 e. The molecule has 0 aliphatic carbocycles. The van der Waals surface area contributed by atoms with Gasteiger partial charge in [0.05, 0.1) is 5.75 Å². The maximum Gasteiger partial charge on any atom is 0.236 e. The molecule has 0 aliphatic rings. The highest BCUT2D eigenvalue weighted by atomic mass is 32.2. The Balaban J connectivity index is 1.98. The van der Waals surface area contributed by atoms with Gasteiger partial charge in [0.15, 0.2) is 0 Å². The summed E-state index contributed by atoms with van der Waals surface area (Å²) in [5.41, 5.74) is 1.90. The van der Waals surface area contributed by atoms with Crippen molar-refractivity contribution in [1.82, 2.24) is 0 Å². The van der Waals surface area contributed by atoms with Crippen molar-refractivity contribution in [2.45, 2.75) is 103 Å². The van der Waals surface area contributed by atoms with E-state index in [1.54, 1.807) is 0 Å². The van der Waals surface area contributed by atoms with Crippen LogP contribution in [0.15, 0.2) is 36.9 Å². The van der Waals surface area contributed by atoms with Gasteiger partial charge in [0.1, 0.15) is 0 Å². The fourth-order valence-electron chi connectivity index (χ4n) is 3.64. The van der Waals surface area contributed by atoms with E-state index < -0.39 is 10.0 Å². The fraction of sp³-hybridized carbons (Fsp3) is 0.680. The standard InChI is InChI=1S/C25H43NO2S/c1-3-5-6-7-8-9-10-11-12-13-14-15-16-17-18-24-19-21-25(22-20-24)26-29(27,28)23-4-2/h4,19-22,26H,2-3,5-18,23H2,1H3. The molecule has 0 radical (unpaired) electrons. The average Bonchev–Trinajstić information content (AvgIpc) is 2.69. The quantitative estimate of drug-likeness (QED) is 0.184.